The predicted molar refractivity (Wildman–Crippen MR) is 123 cm³/mol. The summed E-state index contributed by atoms with van der Waals surface area (Å²) in [6, 6.07) is 16.0. The highest BCUT2D eigenvalue weighted by atomic mass is 35.5. The number of likely N-dealkylation sites (N-methyl/N-ethyl adjacent to an activating group) is 1. The van der Waals surface area contributed by atoms with Crippen molar-refractivity contribution in [3.05, 3.63) is 70.4 Å². The minimum Gasteiger partial charge on any atom is -0.492 e. The van der Waals surface area contributed by atoms with E-state index >= 15 is 0 Å². The van der Waals surface area contributed by atoms with Crippen molar-refractivity contribution >= 4 is 28.4 Å². The predicted octanol–water partition coefficient (Wildman–Crippen LogP) is 4.70. The molecule has 1 aliphatic heterocycles. The van der Waals surface area contributed by atoms with Gasteiger partial charge in [0.05, 0.1) is 11.1 Å². The van der Waals surface area contributed by atoms with Crippen LogP contribution in [0.5, 0.6) is 5.75 Å². The van der Waals surface area contributed by atoms with Crippen molar-refractivity contribution in [2.75, 3.05) is 20.2 Å². The molecule has 31 heavy (non-hydrogen) atoms. The summed E-state index contributed by atoms with van der Waals surface area (Å²) in [6.07, 6.45) is 2.97. The lowest BCUT2D eigenvalue weighted by molar-refractivity contribution is 0.0767. The molecule has 1 saturated heterocycles. The Kier molecular flexibility index (Phi) is 5.11. The fourth-order valence-electron chi connectivity index (χ4n) is 4.33. The molecule has 3 aromatic rings. The molecule has 6 heteroatoms. The number of pyridine rings is 1. The number of benzene rings is 2. The fourth-order valence-corrected chi connectivity index (χ4v) is 4.48. The average molecular weight is 436 g/mol. The van der Waals surface area contributed by atoms with Crippen LogP contribution in [-0.2, 0) is 5.54 Å². The molecule has 0 unspecified atom stereocenters. The van der Waals surface area contributed by atoms with Gasteiger partial charge in [0, 0.05) is 17.0 Å². The van der Waals surface area contributed by atoms with Crippen LogP contribution in [0, 0.1) is 6.92 Å². The molecule has 1 aromatic heterocycles. The van der Waals surface area contributed by atoms with E-state index in [0.717, 1.165) is 53.6 Å². The smallest absolute Gasteiger partial charge is 0.252 e. The Morgan fingerprint density at radius 1 is 1.26 bits per heavy atom. The minimum atomic E-state index is -0.357. The summed E-state index contributed by atoms with van der Waals surface area (Å²) in [4.78, 5) is 20.0. The molecule has 1 amide bonds. The van der Waals surface area contributed by atoms with E-state index in [9.17, 15) is 4.79 Å². The van der Waals surface area contributed by atoms with Crippen LogP contribution in [0.3, 0.4) is 0 Å². The van der Waals surface area contributed by atoms with Crippen LogP contribution < -0.4 is 10.1 Å². The lowest BCUT2D eigenvalue weighted by Gasteiger charge is -2.37. The second-order valence-corrected chi connectivity index (χ2v) is 9.14. The van der Waals surface area contributed by atoms with Crippen LogP contribution >= 0.6 is 11.6 Å². The quantitative estimate of drug-likeness (QED) is 0.570. The third kappa shape index (κ3) is 3.88. The highest BCUT2D eigenvalue weighted by Gasteiger charge is 2.46. The summed E-state index contributed by atoms with van der Waals surface area (Å²) in [5.74, 6) is 0.671. The largest absolute Gasteiger partial charge is 0.492 e. The number of likely N-dealkylation sites (tertiary alicyclic amines) is 1. The van der Waals surface area contributed by atoms with Crippen molar-refractivity contribution in [2.45, 2.75) is 37.8 Å². The maximum absolute atomic E-state index is 13.3. The zero-order valence-electron chi connectivity index (χ0n) is 17.8. The number of hydrogen-bond acceptors (Lipinski definition) is 4. The normalized spacial score (nSPS) is 19.6. The van der Waals surface area contributed by atoms with Crippen molar-refractivity contribution in [3.8, 4) is 5.75 Å². The van der Waals surface area contributed by atoms with Crippen molar-refractivity contribution in [1.29, 1.82) is 0 Å². The Balaban J connectivity index is 1.37. The number of fused-ring (bicyclic) bond motifs is 1. The van der Waals surface area contributed by atoms with Crippen LogP contribution in [0.1, 0.15) is 40.7 Å². The molecule has 0 bridgehead atoms. The van der Waals surface area contributed by atoms with Crippen molar-refractivity contribution in [3.63, 3.8) is 0 Å². The molecule has 2 heterocycles. The number of nitrogens with one attached hydrogen (secondary N) is 1. The third-order valence-corrected chi connectivity index (χ3v) is 6.86. The Labute approximate surface area is 187 Å². The Bertz CT molecular complexity index is 1160. The number of hydrogen-bond donors (Lipinski definition) is 1. The fraction of sp³-hybridized carbons (Fsp3) is 0.360. The first kappa shape index (κ1) is 20.3. The molecule has 2 aromatic carbocycles. The Morgan fingerprint density at radius 2 is 2.10 bits per heavy atom. The lowest BCUT2D eigenvalue weighted by Crippen LogP contribution is -2.48. The molecular weight excluding hydrogens is 410 g/mol. The van der Waals surface area contributed by atoms with Crippen LogP contribution in [0.2, 0.25) is 5.15 Å². The van der Waals surface area contributed by atoms with Gasteiger partial charge in [-0.25, -0.2) is 4.98 Å². The molecular formula is C25H26ClN3O2. The van der Waals surface area contributed by atoms with Gasteiger partial charge in [-0.1, -0.05) is 29.8 Å². The van der Waals surface area contributed by atoms with E-state index in [1.165, 1.54) is 0 Å². The first-order chi connectivity index (χ1) is 14.9. The summed E-state index contributed by atoms with van der Waals surface area (Å²) in [7, 11) is 2.11. The summed E-state index contributed by atoms with van der Waals surface area (Å²) in [5.41, 5.74) is 3.18. The number of halogens is 1. The summed E-state index contributed by atoms with van der Waals surface area (Å²) in [5, 5.41) is 4.81. The molecule has 1 N–H and O–H groups in total. The van der Waals surface area contributed by atoms with Gasteiger partial charge in [-0.2, -0.15) is 0 Å². The Hall–Kier alpha value is -2.63. The molecule has 1 aliphatic carbocycles. The molecule has 1 saturated carbocycles. The number of aryl methyl sites for hydroxylation is 1. The first-order valence-electron chi connectivity index (χ1n) is 10.8. The highest BCUT2D eigenvalue weighted by molar-refractivity contribution is 6.29. The number of carbonyl (C=O) groups excluding carboxylic acids is 1. The summed E-state index contributed by atoms with van der Waals surface area (Å²) >= 11 is 6.07. The van der Waals surface area contributed by atoms with Crippen LogP contribution in [0.25, 0.3) is 10.9 Å². The first-order valence-corrected chi connectivity index (χ1v) is 11.1. The van der Waals surface area contributed by atoms with Gasteiger partial charge in [0.1, 0.15) is 17.5 Å². The van der Waals surface area contributed by atoms with Crippen LogP contribution in [-0.4, -0.2) is 42.0 Å². The van der Waals surface area contributed by atoms with E-state index in [1.807, 2.05) is 43.3 Å². The molecule has 0 spiro atoms. The second kappa shape index (κ2) is 7.81. The summed E-state index contributed by atoms with van der Waals surface area (Å²) < 4.78 is 5.98. The number of ether oxygens (including phenoxy) is 1. The van der Waals surface area contributed by atoms with Crippen LogP contribution in [0.15, 0.2) is 48.5 Å². The molecule has 1 atom stereocenters. The maximum atomic E-state index is 13.3. The molecule has 2 aliphatic rings. The highest BCUT2D eigenvalue weighted by Crippen LogP contribution is 2.48. The monoisotopic (exact) mass is 435 g/mol. The third-order valence-electron chi connectivity index (χ3n) is 6.65. The molecule has 5 rings (SSSR count). The van der Waals surface area contributed by atoms with Gasteiger partial charge in [0.2, 0.25) is 0 Å². The van der Waals surface area contributed by atoms with Gasteiger partial charge < -0.3 is 10.1 Å². The maximum Gasteiger partial charge on any atom is 0.252 e. The van der Waals surface area contributed by atoms with E-state index in [4.69, 9.17) is 16.3 Å². The molecule has 0 radical (unpaired) electrons. The topological polar surface area (TPSA) is 54.5 Å². The number of rotatable bonds is 6. The summed E-state index contributed by atoms with van der Waals surface area (Å²) in [6.45, 7) is 3.73. The molecule has 2 fully saturated rings. The van der Waals surface area contributed by atoms with Crippen LogP contribution in [0.4, 0.5) is 0 Å². The van der Waals surface area contributed by atoms with Crippen molar-refractivity contribution in [2.24, 2.45) is 0 Å². The van der Waals surface area contributed by atoms with Gasteiger partial charge in [-0.05, 0) is 81.2 Å². The average Bonchev–Trinajstić information content (AvgIpc) is 3.53. The lowest BCUT2D eigenvalue weighted by atomic mass is 9.98. The van der Waals surface area contributed by atoms with Gasteiger partial charge in [-0.15, -0.1) is 0 Å². The zero-order chi connectivity index (χ0) is 21.6. The van der Waals surface area contributed by atoms with Crippen molar-refractivity contribution in [1.82, 2.24) is 15.2 Å². The molecule has 160 valence electrons. The van der Waals surface area contributed by atoms with Gasteiger partial charge in [0.15, 0.2) is 0 Å². The number of carbonyl (C=O) groups is 1. The van der Waals surface area contributed by atoms with E-state index in [-0.39, 0.29) is 11.4 Å². The number of nitrogens with zero attached hydrogens (tertiary/aromatic N) is 2. The van der Waals surface area contributed by atoms with E-state index in [1.54, 1.807) is 6.07 Å². The number of aromatic nitrogens is 1. The van der Waals surface area contributed by atoms with Crippen molar-refractivity contribution < 1.29 is 9.53 Å². The SMILES string of the molecule is Cc1ccc(OC[C@@H]2CCN2C)cc1C(=O)NC1(c2cccc3nc(Cl)ccc23)CC1. The van der Waals surface area contributed by atoms with E-state index < -0.39 is 0 Å². The number of amides is 1. The minimum absolute atomic E-state index is 0.0693. The van der Waals surface area contributed by atoms with Gasteiger partial charge >= 0.3 is 0 Å². The van der Waals surface area contributed by atoms with Gasteiger partial charge in [-0.3, -0.25) is 9.69 Å². The van der Waals surface area contributed by atoms with Gasteiger partial charge in [0.25, 0.3) is 5.91 Å². The van der Waals surface area contributed by atoms with E-state index in [2.05, 4.69) is 28.3 Å². The Morgan fingerprint density at radius 3 is 2.81 bits per heavy atom. The van der Waals surface area contributed by atoms with E-state index in [0.29, 0.717) is 23.4 Å². The second-order valence-electron chi connectivity index (χ2n) is 8.75. The standard InChI is InChI=1S/C25H26ClN3O2/c1-16-6-7-18(31-15-17-10-13-29(17)2)14-20(16)24(30)28-25(11-12-25)21-4-3-5-22-19(21)8-9-23(26)27-22/h3-9,14,17H,10-13,15H2,1-2H3,(H,28,30)/t17-/m0/s1. The zero-order valence-corrected chi connectivity index (χ0v) is 18.6. The molecule has 5 nitrogen and oxygen atoms in total.